The van der Waals surface area contributed by atoms with Gasteiger partial charge in [-0.25, -0.2) is 9.97 Å². The summed E-state index contributed by atoms with van der Waals surface area (Å²) >= 11 is 7.10. The molecule has 2 rings (SSSR count). The lowest BCUT2D eigenvalue weighted by molar-refractivity contribution is -0.132. The van der Waals surface area contributed by atoms with Crippen LogP contribution in [0.1, 0.15) is 17.3 Å². The fourth-order valence-electron chi connectivity index (χ4n) is 1.63. The van der Waals surface area contributed by atoms with Gasteiger partial charge in [-0.1, -0.05) is 23.4 Å². The van der Waals surface area contributed by atoms with E-state index in [1.165, 1.54) is 24.9 Å². The van der Waals surface area contributed by atoms with Gasteiger partial charge in [0.15, 0.2) is 11.0 Å². The van der Waals surface area contributed by atoms with Gasteiger partial charge in [-0.3, -0.25) is 9.59 Å². The number of thioether (sulfide) groups is 1. The van der Waals surface area contributed by atoms with E-state index in [-0.39, 0.29) is 22.4 Å². The first-order valence-corrected chi connectivity index (χ1v) is 7.83. The molecule has 0 aliphatic heterocycles. The molecule has 120 valence electrons. The van der Waals surface area contributed by atoms with Crippen molar-refractivity contribution in [3.63, 3.8) is 0 Å². The molecule has 8 nitrogen and oxygen atoms in total. The number of aromatic nitrogens is 3. The number of anilines is 2. The summed E-state index contributed by atoms with van der Waals surface area (Å²) in [7, 11) is 0. The fourth-order valence-corrected chi connectivity index (χ4v) is 2.15. The van der Waals surface area contributed by atoms with Gasteiger partial charge >= 0.3 is 5.97 Å². The fraction of sp³-hybridized carbons (Fsp3) is 0.154. The number of amides is 1. The Morgan fingerprint density at radius 3 is 2.70 bits per heavy atom. The van der Waals surface area contributed by atoms with Crippen LogP contribution in [0.15, 0.2) is 23.5 Å². The molecule has 0 bridgehead atoms. The topological polar surface area (TPSA) is 120 Å². The molecular weight excluding hydrogens is 342 g/mol. The number of nitrogens with two attached hydrogens (primary N) is 1. The predicted octanol–water partition coefficient (Wildman–Crippen LogP) is 2.01. The number of carbonyl (C=O) groups is 2. The number of esters is 1. The Bertz CT molecular complexity index is 771. The van der Waals surface area contributed by atoms with E-state index in [4.69, 9.17) is 22.1 Å². The molecule has 23 heavy (non-hydrogen) atoms. The summed E-state index contributed by atoms with van der Waals surface area (Å²) < 4.78 is 4.96. The normalized spacial score (nSPS) is 10.2. The van der Waals surface area contributed by atoms with E-state index in [1.54, 1.807) is 18.4 Å². The van der Waals surface area contributed by atoms with Crippen molar-refractivity contribution in [3.8, 4) is 5.88 Å². The van der Waals surface area contributed by atoms with Crippen molar-refractivity contribution in [2.75, 3.05) is 11.6 Å². The number of ether oxygens (including phenoxy) is 1. The van der Waals surface area contributed by atoms with Gasteiger partial charge in [0, 0.05) is 18.1 Å². The van der Waals surface area contributed by atoms with Gasteiger partial charge in [-0.05, 0) is 18.4 Å². The Morgan fingerprint density at radius 2 is 2.13 bits per heavy atom. The summed E-state index contributed by atoms with van der Waals surface area (Å²) in [5.74, 6) is -1.28. The second kappa shape index (κ2) is 7.25. The van der Waals surface area contributed by atoms with Crippen LogP contribution in [0.25, 0.3) is 0 Å². The molecule has 2 aromatic rings. The molecular formula is C13H12ClN5O3S. The van der Waals surface area contributed by atoms with Gasteiger partial charge in [-0.15, -0.1) is 0 Å². The minimum Gasteiger partial charge on any atom is -0.407 e. The third-order valence-corrected chi connectivity index (χ3v) is 3.28. The Kier molecular flexibility index (Phi) is 5.35. The SMILES string of the molecule is CSc1nc(Nc2cc(Cl)ccn2)c(C(N)=O)c(OC(C)=O)n1. The highest BCUT2D eigenvalue weighted by atomic mass is 35.5. The summed E-state index contributed by atoms with van der Waals surface area (Å²) in [6, 6.07) is 3.14. The molecule has 0 aliphatic rings. The van der Waals surface area contributed by atoms with Crippen LogP contribution < -0.4 is 15.8 Å². The number of primary amides is 1. The molecule has 0 radical (unpaired) electrons. The average Bonchev–Trinajstić information content (AvgIpc) is 2.45. The first kappa shape index (κ1) is 17.0. The first-order chi connectivity index (χ1) is 10.9. The van der Waals surface area contributed by atoms with E-state index in [0.29, 0.717) is 10.8 Å². The molecule has 0 saturated carbocycles. The van der Waals surface area contributed by atoms with Crippen molar-refractivity contribution in [1.82, 2.24) is 15.0 Å². The lowest BCUT2D eigenvalue weighted by Crippen LogP contribution is -2.19. The van der Waals surface area contributed by atoms with Crippen molar-refractivity contribution in [2.24, 2.45) is 5.73 Å². The van der Waals surface area contributed by atoms with Crippen LogP contribution in [0.5, 0.6) is 5.88 Å². The molecule has 0 atom stereocenters. The summed E-state index contributed by atoms with van der Waals surface area (Å²) in [6.07, 6.45) is 3.22. The van der Waals surface area contributed by atoms with Crippen molar-refractivity contribution >= 4 is 46.9 Å². The molecule has 2 heterocycles. The highest BCUT2D eigenvalue weighted by Crippen LogP contribution is 2.28. The van der Waals surface area contributed by atoms with E-state index in [2.05, 4.69) is 20.3 Å². The van der Waals surface area contributed by atoms with Crippen LogP contribution in [-0.4, -0.2) is 33.1 Å². The lowest BCUT2D eigenvalue weighted by atomic mass is 10.2. The molecule has 0 saturated heterocycles. The number of nitrogens with zero attached hydrogens (tertiary/aromatic N) is 3. The second-order valence-electron chi connectivity index (χ2n) is 4.18. The van der Waals surface area contributed by atoms with Crippen LogP contribution in [0.3, 0.4) is 0 Å². The molecule has 0 fully saturated rings. The van der Waals surface area contributed by atoms with Gasteiger partial charge < -0.3 is 15.8 Å². The number of nitrogens with one attached hydrogen (secondary N) is 1. The summed E-state index contributed by atoms with van der Waals surface area (Å²) in [5.41, 5.74) is 5.21. The number of halogens is 1. The molecule has 0 aromatic carbocycles. The van der Waals surface area contributed by atoms with Crippen molar-refractivity contribution in [2.45, 2.75) is 12.1 Å². The molecule has 2 aromatic heterocycles. The Morgan fingerprint density at radius 1 is 1.39 bits per heavy atom. The molecule has 1 amide bonds. The van der Waals surface area contributed by atoms with E-state index >= 15 is 0 Å². The summed E-state index contributed by atoms with van der Waals surface area (Å²) in [5, 5.41) is 3.57. The largest absolute Gasteiger partial charge is 0.407 e. The smallest absolute Gasteiger partial charge is 0.309 e. The zero-order chi connectivity index (χ0) is 17.0. The maximum Gasteiger partial charge on any atom is 0.309 e. The third kappa shape index (κ3) is 4.30. The number of hydrogen-bond donors (Lipinski definition) is 2. The number of hydrogen-bond acceptors (Lipinski definition) is 8. The van der Waals surface area contributed by atoms with Gasteiger partial charge in [0.05, 0.1) is 0 Å². The van der Waals surface area contributed by atoms with Crippen LogP contribution >= 0.6 is 23.4 Å². The first-order valence-electron chi connectivity index (χ1n) is 6.23. The maximum absolute atomic E-state index is 11.7. The van der Waals surface area contributed by atoms with Crippen LogP contribution in [0, 0.1) is 0 Å². The highest BCUT2D eigenvalue weighted by Gasteiger charge is 2.22. The zero-order valence-electron chi connectivity index (χ0n) is 12.2. The predicted molar refractivity (Wildman–Crippen MR) is 86.2 cm³/mol. The molecule has 0 aliphatic carbocycles. The molecule has 0 spiro atoms. The summed E-state index contributed by atoms with van der Waals surface area (Å²) in [6.45, 7) is 1.19. The van der Waals surface area contributed by atoms with Crippen LogP contribution in [0.2, 0.25) is 5.02 Å². The molecule has 0 unspecified atom stereocenters. The third-order valence-electron chi connectivity index (χ3n) is 2.49. The number of rotatable bonds is 5. The maximum atomic E-state index is 11.7. The standard InChI is InChI=1S/C13H12ClN5O3S/c1-6(20)22-12-9(10(15)21)11(18-13(19-12)23-2)17-8-5-7(14)3-4-16-8/h3-5H,1-2H3,(H2,15,21)(H,16,17,18,19). The van der Waals surface area contributed by atoms with Gasteiger partial charge in [-0.2, -0.15) is 4.98 Å². The van der Waals surface area contributed by atoms with Gasteiger partial charge in [0.2, 0.25) is 5.88 Å². The minimum absolute atomic E-state index is 0.0721. The number of pyridine rings is 1. The van der Waals surface area contributed by atoms with Gasteiger partial charge in [0.1, 0.15) is 11.4 Å². The minimum atomic E-state index is -0.849. The van der Waals surface area contributed by atoms with E-state index in [9.17, 15) is 9.59 Å². The Hall–Kier alpha value is -2.39. The Balaban J connectivity index is 2.55. The number of carbonyl (C=O) groups excluding carboxylic acids is 2. The van der Waals surface area contributed by atoms with E-state index in [0.717, 1.165) is 0 Å². The van der Waals surface area contributed by atoms with Crippen LogP contribution in [0.4, 0.5) is 11.6 Å². The van der Waals surface area contributed by atoms with Crippen molar-refractivity contribution in [3.05, 3.63) is 28.9 Å². The Labute approximate surface area is 140 Å². The quantitative estimate of drug-likeness (QED) is 0.475. The second-order valence-corrected chi connectivity index (χ2v) is 5.39. The van der Waals surface area contributed by atoms with Crippen molar-refractivity contribution in [1.29, 1.82) is 0 Å². The van der Waals surface area contributed by atoms with Crippen LogP contribution in [-0.2, 0) is 4.79 Å². The van der Waals surface area contributed by atoms with Crippen molar-refractivity contribution < 1.29 is 14.3 Å². The van der Waals surface area contributed by atoms with Gasteiger partial charge in [0.25, 0.3) is 5.91 Å². The average molecular weight is 354 g/mol. The highest BCUT2D eigenvalue weighted by molar-refractivity contribution is 7.98. The van der Waals surface area contributed by atoms with E-state index in [1.807, 2.05) is 0 Å². The summed E-state index contributed by atoms with van der Waals surface area (Å²) in [4.78, 5) is 35.2. The molecule has 10 heteroatoms. The lowest BCUT2D eigenvalue weighted by Gasteiger charge is -2.12. The zero-order valence-corrected chi connectivity index (χ0v) is 13.7. The van der Waals surface area contributed by atoms with E-state index < -0.39 is 11.9 Å². The monoisotopic (exact) mass is 353 g/mol. The molecule has 3 N–H and O–H groups in total.